The average Bonchev–Trinajstić information content (AvgIpc) is 2.76. The van der Waals surface area contributed by atoms with Gasteiger partial charge in [-0.15, -0.1) is 0 Å². The van der Waals surface area contributed by atoms with E-state index in [1.54, 1.807) is 19.2 Å². The lowest BCUT2D eigenvalue weighted by Gasteiger charge is -2.26. The monoisotopic (exact) mass is 409 g/mol. The third kappa shape index (κ3) is 6.58. The summed E-state index contributed by atoms with van der Waals surface area (Å²) in [5.41, 5.74) is 3.39. The first-order chi connectivity index (χ1) is 14.5. The normalized spacial score (nSPS) is 12.0. The number of ether oxygens (including phenoxy) is 2. The first-order valence-electron chi connectivity index (χ1n) is 9.99. The van der Waals surface area contributed by atoms with Gasteiger partial charge in [-0.2, -0.15) is 0 Å². The number of aryl methyl sites for hydroxylation is 1. The summed E-state index contributed by atoms with van der Waals surface area (Å²) in [6, 6.07) is 22.0. The molecule has 0 fully saturated rings. The molecule has 5 heteroatoms. The molecule has 0 saturated heterocycles. The molecule has 0 radical (unpaired) electrons. The summed E-state index contributed by atoms with van der Waals surface area (Å²) in [7, 11) is 1.61. The van der Waals surface area contributed by atoms with Crippen molar-refractivity contribution >= 4 is 0 Å². The standard InChI is InChI=1S/C25H28FNO3/c1-19-5-3-4-6-21(19)16-27(15-20-7-9-22(26)10-8-20)17-23(28)18-30-25-13-11-24(29-2)12-14-25/h3-14,23,28H,15-18H2,1-2H3/t23-/m1/s1. The van der Waals surface area contributed by atoms with Crippen molar-refractivity contribution in [1.29, 1.82) is 0 Å². The highest BCUT2D eigenvalue weighted by atomic mass is 19.1. The van der Waals surface area contributed by atoms with E-state index in [2.05, 4.69) is 24.0 Å². The van der Waals surface area contributed by atoms with E-state index in [0.717, 1.165) is 11.3 Å². The molecule has 0 spiro atoms. The van der Waals surface area contributed by atoms with E-state index >= 15 is 0 Å². The Bertz CT molecular complexity index is 912. The minimum Gasteiger partial charge on any atom is -0.497 e. The van der Waals surface area contributed by atoms with Crippen molar-refractivity contribution in [3.8, 4) is 11.5 Å². The van der Waals surface area contributed by atoms with Crippen molar-refractivity contribution in [3.63, 3.8) is 0 Å². The molecule has 0 aromatic heterocycles. The summed E-state index contributed by atoms with van der Waals surface area (Å²) in [4.78, 5) is 2.15. The first-order valence-corrected chi connectivity index (χ1v) is 9.99. The predicted molar refractivity (Wildman–Crippen MR) is 116 cm³/mol. The second-order valence-electron chi connectivity index (χ2n) is 7.36. The van der Waals surface area contributed by atoms with Gasteiger partial charge in [-0.25, -0.2) is 4.39 Å². The molecule has 1 atom stereocenters. The number of benzene rings is 3. The Labute approximate surface area is 177 Å². The maximum Gasteiger partial charge on any atom is 0.123 e. The third-order valence-electron chi connectivity index (χ3n) is 4.95. The van der Waals surface area contributed by atoms with Gasteiger partial charge in [0.25, 0.3) is 0 Å². The average molecular weight is 410 g/mol. The highest BCUT2D eigenvalue weighted by Crippen LogP contribution is 2.18. The van der Waals surface area contributed by atoms with Crippen molar-refractivity contribution in [2.24, 2.45) is 0 Å². The number of hydrogen-bond donors (Lipinski definition) is 1. The molecule has 3 aromatic carbocycles. The van der Waals surface area contributed by atoms with Gasteiger partial charge < -0.3 is 14.6 Å². The van der Waals surface area contributed by atoms with Crippen LogP contribution in [0.3, 0.4) is 0 Å². The Balaban J connectivity index is 1.63. The van der Waals surface area contributed by atoms with Crippen LogP contribution in [0.2, 0.25) is 0 Å². The summed E-state index contributed by atoms with van der Waals surface area (Å²) in [6.07, 6.45) is -0.670. The zero-order chi connectivity index (χ0) is 21.3. The van der Waals surface area contributed by atoms with Gasteiger partial charge in [0, 0.05) is 19.6 Å². The van der Waals surface area contributed by atoms with Crippen LogP contribution in [0.1, 0.15) is 16.7 Å². The van der Waals surface area contributed by atoms with Gasteiger partial charge in [0.2, 0.25) is 0 Å². The van der Waals surface area contributed by atoms with Crippen LogP contribution in [0.25, 0.3) is 0 Å². The molecule has 30 heavy (non-hydrogen) atoms. The lowest BCUT2D eigenvalue weighted by atomic mass is 10.1. The van der Waals surface area contributed by atoms with Crippen molar-refractivity contribution in [1.82, 2.24) is 4.90 Å². The molecule has 0 saturated carbocycles. The van der Waals surface area contributed by atoms with E-state index in [4.69, 9.17) is 9.47 Å². The molecule has 3 rings (SSSR count). The Morgan fingerprint density at radius 3 is 2.23 bits per heavy atom. The van der Waals surface area contributed by atoms with Gasteiger partial charge in [0.15, 0.2) is 0 Å². The molecule has 0 heterocycles. The van der Waals surface area contributed by atoms with Crippen LogP contribution in [0.15, 0.2) is 72.8 Å². The van der Waals surface area contributed by atoms with E-state index < -0.39 is 6.10 Å². The van der Waals surface area contributed by atoms with Gasteiger partial charge in [-0.1, -0.05) is 36.4 Å². The molecule has 0 aliphatic rings. The molecule has 4 nitrogen and oxygen atoms in total. The topological polar surface area (TPSA) is 41.9 Å². The second kappa shape index (κ2) is 10.8. The van der Waals surface area contributed by atoms with Crippen LogP contribution in [0.5, 0.6) is 11.5 Å². The lowest BCUT2D eigenvalue weighted by molar-refractivity contribution is 0.0627. The van der Waals surface area contributed by atoms with Crippen LogP contribution < -0.4 is 9.47 Å². The minimum absolute atomic E-state index is 0.181. The maximum atomic E-state index is 13.3. The number of rotatable bonds is 10. The van der Waals surface area contributed by atoms with E-state index in [0.29, 0.717) is 25.4 Å². The van der Waals surface area contributed by atoms with Crippen LogP contribution in [-0.4, -0.2) is 36.4 Å². The molecule has 3 aromatic rings. The largest absolute Gasteiger partial charge is 0.497 e. The molecule has 0 unspecified atom stereocenters. The number of methoxy groups -OCH3 is 1. The van der Waals surface area contributed by atoms with Crippen molar-refractivity contribution < 1.29 is 19.0 Å². The van der Waals surface area contributed by atoms with Gasteiger partial charge in [-0.3, -0.25) is 4.90 Å². The highest BCUT2D eigenvalue weighted by Gasteiger charge is 2.15. The fourth-order valence-electron chi connectivity index (χ4n) is 3.28. The molecule has 1 N–H and O–H groups in total. The quantitative estimate of drug-likeness (QED) is 0.532. The summed E-state index contributed by atoms with van der Waals surface area (Å²) in [5, 5.41) is 10.6. The Morgan fingerprint density at radius 2 is 1.57 bits per heavy atom. The van der Waals surface area contributed by atoms with Gasteiger partial charge in [-0.05, 0) is 60.0 Å². The first kappa shape index (κ1) is 21.8. The zero-order valence-electron chi connectivity index (χ0n) is 17.4. The number of halogens is 1. The van der Waals surface area contributed by atoms with E-state index in [1.807, 2.05) is 36.4 Å². The lowest BCUT2D eigenvalue weighted by Crippen LogP contribution is -2.35. The molecule has 0 aliphatic carbocycles. The molecule has 0 amide bonds. The highest BCUT2D eigenvalue weighted by molar-refractivity contribution is 5.31. The molecular formula is C25H28FNO3. The van der Waals surface area contributed by atoms with E-state index in [9.17, 15) is 9.50 Å². The number of hydrogen-bond acceptors (Lipinski definition) is 4. The van der Waals surface area contributed by atoms with Crippen molar-refractivity contribution in [2.45, 2.75) is 26.1 Å². The van der Waals surface area contributed by atoms with E-state index in [-0.39, 0.29) is 12.4 Å². The molecule has 158 valence electrons. The Kier molecular flexibility index (Phi) is 7.82. The zero-order valence-corrected chi connectivity index (χ0v) is 17.4. The summed E-state index contributed by atoms with van der Waals surface area (Å²) < 4.78 is 24.1. The summed E-state index contributed by atoms with van der Waals surface area (Å²) >= 11 is 0. The second-order valence-corrected chi connectivity index (χ2v) is 7.36. The van der Waals surface area contributed by atoms with E-state index in [1.165, 1.54) is 23.3 Å². The minimum atomic E-state index is -0.670. The number of nitrogens with zero attached hydrogens (tertiary/aromatic N) is 1. The van der Waals surface area contributed by atoms with Gasteiger partial charge in [0.05, 0.1) is 7.11 Å². The molecule has 0 aliphatic heterocycles. The summed E-state index contributed by atoms with van der Waals surface area (Å²) in [5.74, 6) is 1.18. The molecule has 0 bridgehead atoms. The number of aliphatic hydroxyl groups excluding tert-OH is 1. The van der Waals surface area contributed by atoms with Gasteiger partial charge >= 0.3 is 0 Å². The van der Waals surface area contributed by atoms with Crippen molar-refractivity contribution in [2.75, 3.05) is 20.3 Å². The van der Waals surface area contributed by atoms with Crippen LogP contribution in [-0.2, 0) is 13.1 Å². The SMILES string of the molecule is COc1ccc(OC[C@H](O)CN(Cc2ccc(F)cc2)Cc2ccccc2C)cc1. The summed E-state index contributed by atoms with van der Waals surface area (Å²) in [6.45, 7) is 3.98. The Morgan fingerprint density at radius 1 is 0.900 bits per heavy atom. The fraction of sp³-hybridized carbons (Fsp3) is 0.280. The third-order valence-corrected chi connectivity index (χ3v) is 4.95. The van der Waals surface area contributed by atoms with Crippen LogP contribution in [0.4, 0.5) is 4.39 Å². The number of aliphatic hydroxyl groups is 1. The molecular weight excluding hydrogens is 381 g/mol. The van der Waals surface area contributed by atoms with Crippen LogP contribution >= 0.6 is 0 Å². The van der Waals surface area contributed by atoms with Crippen molar-refractivity contribution in [3.05, 3.63) is 95.3 Å². The fourth-order valence-corrected chi connectivity index (χ4v) is 3.28. The smallest absolute Gasteiger partial charge is 0.123 e. The predicted octanol–water partition coefficient (Wildman–Crippen LogP) is 4.58. The maximum absolute atomic E-state index is 13.3. The Hall–Kier alpha value is -2.89. The van der Waals surface area contributed by atoms with Gasteiger partial charge in [0.1, 0.15) is 30.0 Å². The van der Waals surface area contributed by atoms with Crippen LogP contribution in [0, 0.1) is 12.7 Å².